The monoisotopic (exact) mass is 650 g/mol. The van der Waals surface area contributed by atoms with E-state index in [1.807, 2.05) is 24.3 Å². The van der Waals surface area contributed by atoms with Crippen molar-refractivity contribution in [1.82, 2.24) is 20.1 Å². The maximum absolute atomic E-state index is 12.8. The third kappa shape index (κ3) is 8.48. The number of hydrogen-bond acceptors (Lipinski definition) is 5. The van der Waals surface area contributed by atoms with E-state index in [0.717, 1.165) is 47.0 Å². The van der Waals surface area contributed by atoms with Crippen molar-refractivity contribution in [3.8, 4) is 22.8 Å². The molecule has 2 unspecified atom stereocenters. The zero-order chi connectivity index (χ0) is 32.8. The van der Waals surface area contributed by atoms with Crippen LogP contribution in [0.25, 0.3) is 17.1 Å². The topological polar surface area (TPSA) is 84.6 Å². The van der Waals surface area contributed by atoms with E-state index in [9.17, 15) is 18.0 Å². The van der Waals surface area contributed by atoms with E-state index in [-0.39, 0.29) is 17.8 Å². The predicted octanol–water partition coefficient (Wildman–Crippen LogP) is 8.12. The first-order valence-electron chi connectivity index (χ1n) is 15.2. The molecule has 1 aliphatic rings. The molecule has 1 aromatic heterocycles. The number of halogens is 3. The number of nitrogens with zero attached hydrogens (tertiary/aromatic N) is 5. The number of carbonyl (C=O) groups excluding carboxylic acids is 1. The Balaban J connectivity index is 1.12. The Bertz CT molecular complexity index is 1650. The van der Waals surface area contributed by atoms with Crippen LogP contribution in [-0.2, 0) is 6.42 Å². The van der Waals surface area contributed by atoms with Gasteiger partial charge in [-0.3, -0.25) is 0 Å². The van der Waals surface area contributed by atoms with Gasteiger partial charge in [-0.15, -0.1) is 18.3 Å². The number of para-hydroxylation sites is 1. The predicted molar refractivity (Wildman–Crippen MR) is 177 cm³/mol. The van der Waals surface area contributed by atoms with Gasteiger partial charge in [-0.05, 0) is 86.9 Å². The molecule has 5 rings (SSSR count). The Kier molecular flexibility index (Phi) is 10.4. The smallest absolute Gasteiger partial charge is 0.406 e. The number of rotatable bonds is 9. The van der Waals surface area contributed by atoms with Crippen LogP contribution in [0.15, 0.2) is 78.0 Å². The quantitative estimate of drug-likeness (QED) is 0.197. The molecule has 0 bridgehead atoms. The molecule has 1 N–H and O–H groups in total. The minimum Gasteiger partial charge on any atom is -0.406 e. The fraction of sp³-hybridized carbons (Fsp3) is 0.353. The van der Waals surface area contributed by atoms with E-state index < -0.39 is 6.36 Å². The zero-order valence-electron chi connectivity index (χ0n) is 26.2. The van der Waals surface area contributed by atoms with Crippen LogP contribution in [0.5, 0.6) is 5.75 Å². The molecule has 2 atom stereocenters. The minimum absolute atomic E-state index is 0.257. The average Bonchev–Trinajstić information content (AvgIpc) is 3.49. The summed E-state index contributed by atoms with van der Waals surface area (Å²) in [6.07, 6.45) is -0.555. The fourth-order valence-corrected chi connectivity index (χ4v) is 6.66. The Morgan fingerprint density at radius 2 is 1.78 bits per heavy atom. The van der Waals surface area contributed by atoms with Gasteiger partial charge in [-0.2, -0.15) is 4.99 Å². The van der Waals surface area contributed by atoms with Gasteiger partial charge in [0, 0.05) is 29.6 Å². The molecule has 0 spiro atoms. The van der Waals surface area contributed by atoms with Crippen molar-refractivity contribution in [3.63, 3.8) is 0 Å². The summed E-state index contributed by atoms with van der Waals surface area (Å²) in [5.74, 6) is 1.46. The first kappa shape index (κ1) is 33.1. The van der Waals surface area contributed by atoms with Gasteiger partial charge >= 0.3 is 12.4 Å². The molecule has 1 aliphatic heterocycles. The molecule has 46 heavy (non-hydrogen) atoms. The number of benzene rings is 3. The second-order valence-electron chi connectivity index (χ2n) is 11.6. The Labute approximate surface area is 271 Å². The van der Waals surface area contributed by atoms with Crippen LogP contribution in [0.1, 0.15) is 43.4 Å². The molecule has 8 nitrogen and oxygen atoms in total. The fourth-order valence-electron chi connectivity index (χ4n) is 5.46. The highest BCUT2D eigenvalue weighted by atomic mass is 32.2. The Morgan fingerprint density at radius 1 is 1.09 bits per heavy atom. The van der Waals surface area contributed by atoms with Crippen LogP contribution >= 0.6 is 11.8 Å². The van der Waals surface area contributed by atoms with E-state index >= 15 is 0 Å². The second kappa shape index (κ2) is 14.4. The first-order valence-corrected chi connectivity index (χ1v) is 16.2. The molecule has 2 heterocycles. The Hall–Kier alpha value is -4.32. The molecule has 1 fully saturated rings. The molecule has 1 saturated heterocycles. The van der Waals surface area contributed by atoms with Crippen LogP contribution in [0, 0.1) is 19.8 Å². The van der Waals surface area contributed by atoms with Gasteiger partial charge in [0.15, 0.2) is 11.0 Å². The first-order chi connectivity index (χ1) is 22.0. The van der Waals surface area contributed by atoms with E-state index in [0.29, 0.717) is 24.0 Å². The number of amidine groups is 1. The highest BCUT2D eigenvalue weighted by Gasteiger charge is 2.31. The molecule has 0 aliphatic carbocycles. The SMILES string of the molecule is Cc1cccc(C)c1N1C(=NC(=O)NCCC(C)Cc2ccc(-c3ncn(-c4ccc(OC(F)(F)F)cc4)n3)cc2)SCCC1C. The van der Waals surface area contributed by atoms with Crippen LogP contribution in [0.3, 0.4) is 0 Å². The van der Waals surface area contributed by atoms with Gasteiger partial charge in [-0.25, -0.2) is 14.5 Å². The van der Waals surface area contributed by atoms with Crippen molar-refractivity contribution in [2.24, 2.45) is 10.9 Å². The lowest BCUT2D eigenvalue weighted by atomic mass is 9.97. The molecule has 2 amide bonds. The summed E-state index contributed by atoms with van der Waals surface area (Å²) >= 11 is 1.62. The summed E-state index contributed by atoms with van der Waals surface area (Å²) in [6.45, 7) is 9.05. The molecule has 4 aromatic rings. The van der Waals surface area contributed by atoms with Gasteiger partial charge in [0.1, 0.15) is 12.1 Å². The number of aliphatic imine (C=N–C) groups is 1. The second-order valence-corrected chi connectivity index (χ2v) is 12.6. The highest BCUT2D eigenvalue weighted by Crippen LogP contribution is 2.34. The standard InChI is InChI=1S/C34H37F3N6O2S/c1-22(16-18-38-32(44)40-33-43(25(4)17-19-46-33)30-23(2)6-5-7-24(30)3)20-26-8-10-27(11-9-26)31-39-21-42(41-31)28-12-14-29(15-13-28)45-34(35,36)37/h5-15,21-22,25H,16-20H2,1-4H3,(H,38,44). The summed E-state index contributed by atoms with van der Waals surface area (Å²) in [5, 5.41) is 8.19. The van der Waals surface area contributed by atoms with Crippen molar-refractivity contribution in [1.29, 1.82) is 0 Å². The van der Waals surface area contributed by atoms with Crippen molar-refractivity contribution in [3.05, 3.63) is 89.7 Å². The molecule has 0 saturated carbocycles. The number of ether oxygens (including phenoxy) is 1. The van der Waals surface area contributed by atoms with Crippen LogP contribution in [0.4, 0.5) is 23.7 Å². The van der Waals surface area contributed by atoms with Gasteiger partial charge in [-0.1, -0.05) is 61.2 Å². The third-order valence-corrected chi connectivity index (χ3v) is 8.81. The average molecular weight is 651 g/mol. The van der Waals surface area contributed by atoms with Crippen LogP contribution in [0.2, 0.25) is 0 Å². The third-order valence-electron chi connectivity index (χ3n) is 7.83. The van der Waals surface area contributed by atoms with E-state index in [1.165, 1.54) is 46.4 Å². The van der Waals surface area contributed by atoms with Gasteiger partial charge in [0.05, 0.1) is 5.69 Å². The number of thioether (sulfide) groups is 1. The summed E-state index contributed by atoms with van der Waals surface area (Å²) in [5.41, 5.74) is 6.00. The van der Waals surface area contributed by atoms with Gasteiger partial charge in [0.25, 0.3) is 0 Å². The number of anilines is 1. The number of aryl methyl sites for hydroxylation is 2. The lowest BCUT2D eigenvalue weighted by Gasteiger charge is -2.37. The number of alkyl halides is 3. The number of urea groups is 1. The highest BCUT2D eigenvalue weighted by molar-refractivity contribution is 8.14. The molecular formula is C34H37F3N6O2S. The van der Waals surface area contributed by atoms with E-state index in [4.69, 9.17) is 0 Å². The molecular weight excluding hydrogens is 613 g/mol. The van der Waals surface area contributed by atoms with Crippen molar-refractivity contribution >= 4 is 28.6 Å². The zero-order valence-corrected chi connectivity index (χ0v) is 27.0. The van der Waals surface area contributed by atoms with Crippen molar-refractivity contribution in [2.75, 3.05) is 17.2 Å². The maximum atomic E-state index is 12.8. The Morgan fingerprint density at radius 3 is 2.46 bits per heavy atom. The van der Waals surface area contributed by atoms with Gasteiger partial charge < -0.3 is 15.0 Å². The van der Waals surface area contributed by atoms with Crippen LogP contribution < -0.4 is 15.0 Å². The van der Waals surface area contributed by atoms with Crippen molar-refractivity contribution < 1.29 is 22.7 Å². The molecule has 12 heteroatoms. The van der Waals surface area contributed by atoms with E-state index in [1.54, 1.807) is 11.8 Å². The number of nitrogens with one attached hydrogen (secondary N) is 1. The molecule has 0 radical (unpaired) electrons. The summed E-state index contributed by atoms with van der Waals surface area (Å²) in [4.78, 5) is 23.9. The summed E-state index contributed by atoms with van der Waals surface area (Å²) in [7, 11) is 0. The number of carbonyl (C=O) groups is 1. The largest absolute Gasteiger partial charge is 0.573 e. The van der Waals surface area contributed by atoms with Crippen molar-refractivity contribution in [2.45, 2.75) is 59.4 Å². The molecule has 3 aromatic carbocycles. The van der Waals surface area contributed by atoms with Gasteiger partial charge in [0.2, 0.25) is 0 Å². The van der Waals surface area contributed by atoms with E-state index in [2.05, 4.69) is 75.9 Å². The summed E-state index contributed by atoms with van der Waals surface area (Å²) < 4.78 is 42.7. The van der Waals surface area contributed by atoms with Crippen LogP contribution in [-0.4, -0.2) is 50.7 Å². The normalized spacial score (nSPS) is 16.8. The maximum Gasteiger partial charge on any atom is 0.573 e. The molecule has 242 valence electrons. The lowest BCUT2D eigenvalue weighted by molar-refractivity contribution is -0.274. The lowest BCUT2D eigenvalue weighted by Crippen LogP contribution is -2.43. The number of amides is 2. The number of aromatic nitrogens is 3. The summed E-state index contributed by atoms with van der Waals surface area (Å²) in [6, 6.07) is 19.6. The number of hydrogen-bond donors (Lipinski definition) is 1. The minimum atomic E-state index is -4.74.